The van der Waals surface area contributed by atoms with Gasteiger partial charge in [0.05, 0.1) is 29.8 Å². The quantitative estimate of drug-likeness (QED) is 0.458. The van der Waals surface area contributed by atoms with E-state index in [1.807, 2.05) is 18.7 Å². The third-order valence-electron chi connectivity index (χ3n) is 4.99. The summed E-state index contributed by atoms with van der Waals surface area (Å²) in [6.07, 6.45) is 0.875. The van der Waals surface area contributed by atoms with Crippen molar-refractivity contribution < 1.29 is 14.5 Å². The first kappa shape index (κ1) is 20.2. The molecule has 2 aliphatic rings. The summed E-state index contributed by atoms with van der Waals surface area (Å²) in [6.45, 7) is 6.69. The highest BCUT2D eigenvalue weighted by molar-refractivity contribution is 7.80. The molecule has 9 heteroatoms. The summed E-state index contributed by atoms with van der Waals surface area (Å²) < 4.78 is 5.36. The highest BCUT2D eigenvalue weighted by Crippen LogP contribution is 2.33. The van der Waals surface area contributed by atoms with Crippen LogP contribution in [0, 0.1) is 10.1 Å². The molecule has 1 atom stereocenters. The molecule has 1 aromatic carbocycles. The van der Waals surface area contributed by atoms with Crippen molar-refractivity contribution in [3.63, 3.8) is 0 Å². The molecule has 1 fully saturated rings. The maximum atomic E-state index is 13.4. The summed E-state index contributed by atoms with van der Waals surface area (Å²) in [5.74, 6) is -0.0894. The van der Waals surface area contributed by atoms with Gasteiger partial charge in [0.15, 0.2) is 5.11 Å². The number of ether oxygens (including phenoxy) is 1. The van der Waals surface area contributed by atoms with Crippen molar-refractivity contribution in [1.82, 2.24) is 15.1 Å². The minimum absolute atomic E-state index is 0.0166. The largest absolute Gasteiger partial charge is 0.378 e. The maximum Gasteiger partial charge on any atom is 0.269 e. The molecule has 1 saturated heterocycles. The van der Waals surface area contributed by atoms with Crippen LogP contribution in [-0.4, -0.2) is 58.6 Å². The molecule has 0 spiro atoms. The van der Waals surface area contributed by atoms with Gasteiger partial charge in [0.1, 0.15) is 0 Å². The van der Waals surface area contributed by atoms with E-state index in [0.717, 1.165) is 12.1 Å². The lowest BCUT2D eigenvalue weighted by Crippen LogP contribution is -2.51. The first-order chi connectivity index (χ1) is 13.4. The fourth-order valence-electron chi connectivity index (χ4n) is 3.56. The van der Waals surface area contributed by atoms with Crippen LogP contribution < -0.4 is 5.32 Å². The molecule has 2 heterocycles. The lowest BCUT2D eigenvalue weighted by Gasteiger charge is -2.39. The summed E-state index contributed by atoms with van der Waals surface area (Å²) in [4.78, 5) is 27.9. The van der Waals surface area contributed by atoms with Gasteiger partial charge in [-0.3, -0.25) is 14.9 Å². The second-order valence-electron chi connectivity index (χ2n) is 6.79. The van der Waals surface area contributed by atoms with Crippen LogP contribution in [-0.2, 0) is 9.53 Å². The van der Waals surface area contributed by atoms with E-state index < -0.39 is 11.0 Å². The number of allylic oxidation sites excluding steroid dienone is 1. The zero-order valence-corrected chi connectivity index (χ0v) is 16.8. The Morgan fingerprint density at radius 3 is 2.75 bits per heavy atom. The van der Waals surface area contributed by atoms with Gasteiger partial charge in [-0.2, -0.15) is 0 Å². The molecule has 0 bridgehead atoms. The molecule has 8 nitrogen and oxygen atoms in total. The fraction of sp³-hybridized carbons (Fsp3) is 0.474. The second kappa shape index (κ2) is 8.66. The number of non-ortho nitro benzene ring substituents is 1. The average molecular weight is 404 g/mol. The van der Waals surface area contributed by atoms with Gasteiger partial charge >= 0.3 is 0 Å². The number of rotatable bonds is 5. The van der Waals surface area contributed by atoms with Gasteiger partial charge in [-0.25, -0.2) is 0 Å². The smallest absolute Gasteiger partial charge is 0.269 e. The molecular weight excluding hydrogens is 380 g/mol. The molecule has 0 radical (unpaired) electrons. The van der Waals surface area contributed by atoms with Gasteiger partial charge in [0.25, 0.3) is 11.6 Å². The van der Waals surface area contributed by atoms with Crippen molar-refractivity contribution in [2.45, 2.75) is 26.3 Å². The van der Waals surface area contributed by atoms with Crippen LogP contribution in [0.2, 0.25) is 0 Å². The molecular formula is C19H24N4O4S. The minimum Gasteiger partial charge on any atom is -0.378 e. The molecule has 1 N–H and O–H groups in total. The number of carbonyl (C=O) groups excluding carboxylic acids is 1. The van der Waals surface area contributed by atoms with Crippen LogP contribution in [0.5, 0.6) is 0 Å². The van der Waals surface area contributed by atoms with Crippen LogP contribution in [0.15, 0.2) is 35.5 Å². The number of benzene rings is 1. The minimum atomic E-state index is -0.532. The molecule has 1 amide bonds. The van der Waals surface area contributed by atoms with E-state index in [-0.39, 0.29) is 11.6 Å². The third kappa shape index (κ3) is 4.00. The van der Waals surface area contributed by atoms with Crippen molar-refractivity contribution in [2.24, 2.45) is 0 Å². The molecule has 2 aliphatic heterocycles. The monoisotopic (exact) mass is 404 g/mol. The topological polar surface area (TPSA) is 87.9 Å². The first-order valence-corrected chi connectivity index (χ1v) is 9.75. The van der Waals surface area contributed by atoms with E-state index in [4.69, 9.17) is 17.0 Å². The van der Waals surface area contributed by atoms with E-state index in [0.29, 0.717) is 49.1 Å². The molecule has 3 rings (SSSR count). The maximum absolute atomic E-state index is 13.4. The number of nitro benzene ring substituents is 1. The van der Waals surface area contributed by atoms with Crippen molar-refractivity contribution in [2.75, 3.05) is 32.8 Å². The number of carbonyl (C=O) groups is 1. The molecule has 28 heavy (non-hydrogen) atoms. The Hall–Kier alpha value is -2.52. The van der Waals surface area contributed by atoms with Crippen LogP contribution in [0.4, 0.5) is 5.69 Å². The van der Waals surface area contributed by atoms with Crippen LogP contribution >= 0.6 is 12.2 Å². The van der Waals surface area contributed by atoms with Crippen molar-refractivity contribution in [3.8, 4) is 0 Å². The number of nitrogens with one attached hydrogen (secondary N) is 1. The molecule has 0 saturated carbocycles. The van der Waals surface area contributed by atoms with E-state index in [1.165, 1.54) is 12.1 Å². The van der Waals surface area contributed by atoms with Crippen molar-refractivity contribution in [1.29, 1.82) is 0 Å². The predicted molar refractivity (Wildman–Crippen MR) is 109 cm³/mol. The van der Waals surface area contributed by atoms with Gasteiger partial charge < -0.3 is 19.9 Å². The second-order valence-corrected chi connectivity index (χ2v) is 7.18. The van der Waals surface area contributed by atoms with Gasteiger partial charge in [-0.15, -0.1) is 0 Å². The zero-order chi connectivity index (χ0) is 20.3. The highest BCUT2D eigenvalue weighted by atomic mass is 32.1. The van der Waals surface area contributed by atoms with E-state index in [9.17, 15) is 14.9 Å². The van der Waals surface area contributed by atoms with Crippen molar-refractivity contribution >= 4 is 28.9 Å². The highest BCUT2D eigenvalue weighted by Gasteiger charge is 2.36. The number of amides is 1. The normalized spacial score (nSPS) is 20.2. The Morgan fingerprint density at radius 1 is 1.39 bits per heavy atom. The van der Waals surface area contributed by atoms with Gasteiger partial charge in [-0.1, -0.05) is 19.1 Å². The van der Waals surface area contributed by atoms with E-state index in [2.05, 4.69) is 5.32 Å². The SMILES string of the molecule is CCCN1C(=S)NC(c2cccc([N+](=O)[O-])c2)C(C(=O)N2CCOCC2)=C1C. The molecule has 0 aromatic heterocycles. The van der Waals surface area contributed by atoms with Gasteiger partial charge in [0.2, 0.25) is 0 Å². The third-order valence-corrected chi connectivity index (χ3v) is 5.32. The number of nitro groups is 1. The van der Waals surface area contributed by atoms with Crippen LogP contribution in [0.1, 0.15) is 31.9 Å². The summed E-state index contributed by atoms with van der Waals surface area (Å²) in [5.41, 5.74) is 1.99. The van der Waals surface area contributed by atoms with E-state index in [1.54, 1.807) is 17.0 Å². The zero-order valence-electron chi connectivity index (χ0n) is 16.0. The lowest BCUT2D eigenvalue weighted by molar-refractivity contribution is -0.384. The number of nitrogens with zero attached hydrogens (tertiary/aromatic N) is 3. The van der Waals surface area contributed by atoms with Crippen LogP contribution in [0.3, 0.4) is 0 Å². The number of hydrogen-bond acceptors (Lipinski definition) is 5. The Labute approximate surface area is 169 Å². The van der Waals surface area contributed by atoms with Crippen molar-refractivity contribution in [3.05, 3.63) is 51.2 Å². The molecule has 150 valence electrons. The van der Waals surface area contributed by atoms with Crippen LogP contribution in [0.25, 0.3) is 0 Å². The van der Waals surface area contributed by atoms with Gasteiger partial charge in [-0.05, 0) is 31.1 Å². The molecule has 1 aromatic rings. The molecule has 0 aliphatic carbocycles. The number of hydrogen-bond donors (Lipinski definition) is 1. The predicted octanol–water partition coefficient (Wildman–Crippen LogP) is 2.37. The summed E-state index contributed by atoms with van der Waals surface area (Å²) in [6, 6.07) is 5.81. The Bertz CT molecular complexity index is 820. The lowest BCUT2D eigenvalue weighted by atomic mass is 9.93. The Balaban J connectivity index is 2.05. The standard InChI is InChI=1S/C19H24N4O4S/c1-3-7-22-13(2)16(18(24)21-8-10-27-11-9-21)17(20-19(22)28)14-5-4-6-15(12-14)23(25)26/h4-6,12,17H,3,7-11H2,1-2H3,(H,20,28). The summed E-state index contributed by atoms with van der Waals surface area (Å²) in [7, 11) is 0. The van der Waals surface area contributed by atoms with Gasteiger partial charge in [0, 0.05) is 37.5 Å². The summed E-state index contributed by atoms with van der Waals surface area (Å²) >= 11 is 5.53. The average Bonchev–Trinajstić information content (AvgIpc) is 2.71. The Morgan fingerprint density at radius 2 is 2.11 bits per heavy atom. The number of thiocarbonyl (C=S) groups is 1. The first-order valence-electron chi connectivity index (χ1n) is 9.34. The summed E-state index contributed by atoms with van der Waals surface area (Å²) in [5, 5.41) is 15.0. The molecule has 1 unspecified atom stereocenters. The fourth-order valence-corrected chi connectivity index (χ4v) is 3.90. The Kier molecular flexibility index (Phi) is 6.25. The van der Waals surface area contributed by atoms with E-state index >= 15 is 0 Å². The number of morpholine rings is 1.